The quantitative estimate of drug-likeness (QED) is 0.482. The smallest absolute Gasteiger partial charge is 0.338 e. The van der Waals surface area contributed by atoms with Gasteiger partial charge in [-0.3, -0.25) is 0 Å². The van der Waals surface area contributed by atoms with Crippen molar-refractivity contribution >= 4 is 46.9 Å². The van der Waals surface area contributed by atoms with Gasteiger partial charge < -0.3 is 10.6 Å². The number of rotatable bonds is 6. The fraction of sp³-hybridized carbons (Fsp3) is 0.250. The van der Waals surface area contributed by atoms with E-state index in [2.05, 4.69) is 10.6 Å². The lowest BCUT2D eigenvalue weighted by atomic mass is 9.97. The normalized spacial score (nSPS) is 12.8. The van der Waals surface area contributed by atoms with Gasteiger partial charge in [-0.2, -0.15) is 13.2 Å². The van der Waals surface area contributed by atoms with Gasteiger partial charge in [-0.15, -0.1) is 0 Å². The first-order chi connectivity index (χ1) is 13.6. The van der Waals surface area contributed by atoms with E-state index in [1.54, 1.807) is 19.1 Å². The lowest BCUT2D eigenvalue weighted by molar-refractivity contribution is -0.139. The Hall–Kier alpha value is -1.89. The minimum absolute atomic E-state index is 0.0555. The molecule has 0 spiro atoms. The second kappa shape index (κ2) is 10.2. The largest absolute Gasteiger partial charge is 0.399 e. The Bertz CT molecular complexity index is 881. The van der Waals surface area contributed by atoms with Crippen LogP contribution in [0, 0.1) is 0 Å². The SMILES string of the molecule is CCNC(=O)NCc1ccc(/C=C/C(c2cc(Cl)cc(Cl)c2)C(F)(F)F)cc1Cl. The molecule has 9 heteroatoms. The number of alkyl halides is 3. The molecule has 2 amide bonds. The molecule has 2 N–H and O–H groups in total. The number of benzene rings is 2. The van der Waals surface area contributed by atoms with Gasteiger partial charge in [-0.25, -0.2) is 4.79 Å². The molecule has 1 atom stereocenters. The summed E-state index contributed by atoms with van der Waals surface area (Å²) < 4.78 is 40.6. The minimum Gasteiger partial charge on any atom is -0.338 e. The monoisotopic (exact) mass is 464 g/mol. The lowest BCUT2D eigenvalue weighted by Crippen LogP contribution is -2.34. The topological polar surface area (TPSA) is 41.1 Å². The Labute approximate surface area is 181 Å². The van der Waals surface area contributed by atoms with Crippen LogP contribution in [0.4, 0.5) is 18.0 Å². The molecule has 0 aliphatic rings. The molecular formula is C20H18Cl3F3N2O. The van der Waals surface area contributed by atoms with Gasteiger partial charge in [-0.1, -0.05) is 59.1 Å². The number of nitrogens with one attached hydrogen (secondary N) is 2. The zero-order valence-electron chi connectivity index (χ0n) is 15.3. The van der Waals surface area contributed by atoms with Gasteiger partial charge in [0.2, 0.25) is 0 Å². The van der Waals surface area contributed by atoms with Crippen molar-refractivity contribution in [3.8, 4) is 0 Å². The Morgan fingerprint density at radius 1 is 1.07 bits per heavy atom. The molecule has 29 heavy (non-hydrogen) atoms. The molecule has 156 valence electrons. The maximum absolute atomic E-state index is 13.5. The van der Waals surface area contributed by atoms with Crippen LogP contribution < -0.4 is 10.6 Å². The summed E-state index contributed by atoms with van der Waals surface area (Å²) >= 11 is 17.9. The average Bonchev–Trinajstić information content (AvgIpc) is 2.59. The maximum Gasteiger partial charge on any atom is 0.399 e. The van der Waals surface area contributed by atoms with E-state index in [4.69, 9.17) is 34.8 Å². The highest BCUT2D eigenvalue weighted by molar-refractivity contribution is 6.34. The van der Waals surface area contributed by atoms with Crippen molar-refractivity contribution in [2.45, 2.75) is 25.6 Å². The summed E-state index contributed by atoms with van der Waals surface area (Å²) in [6.45, 7) is 2.47. The molecule has 0 radical (unpaired) electrons. The number of allylic oxidation sites excluding steroid dienone is 1. The van der Waals surface area contributed by atoms with E-state index in [1.165, 1.54) is 30.3 Å². The highest BCUT2D eigenvalue weighted by Gasteiger charge is 2.39. The minimum atomic E-state index is -4.52. The van der Waals surface area contributed by atoms with E-state index in [0.717, 1.165) is 6.08 Å². The zero-order chi connectivity index (χ0) is 21.6. The average molecular weight is 466 g/mol. The van der Waals surface area contributed by atoms with E-state index in [0.29, 0.717) is 22.7 Å². The maximum atomic E-state index is 13.5. The van der Waals surface area contributed by atoms with Crippen molar-refractivity contribution in [3.63, 3.8) is 0 Å². The van der Waals surface area contributed by atoms with Crippen molar-refractivity contribution in [2.24, 2.45) is 0 Å². The fourth-order valence-corrected chi connectivity index (χ4v) is 3.38. The lowest BCUT2D eigenvalue weighted by Gasteiger charge is -2.18. The van der Waals surface area contributed by atoms with E-state index >= 15 is 0 Å². The molecule has 0 aliphatic carbocycles. The second-order valence-electron chi connectivity index (χ2n) is 6.15. The van der Waals surface area contributed by atoms with Gasteiger partial charge in [0.05, 0.1) is 5.92 Å². The summed E-state index contributed by atoms with van der Waals surface area (Å²) in [6, 6.07) is 8.31. The molecule has 0 saturated carbocycles. The molecule has 0 saturated heterocycles. The van der Waals surface area contributed by atoms with Crippen molar-refractivity contribution in [1.82, 2.24) is 10.6 Å². The first-order valence-corrected chi connectivity index (χ1v) is 9.74. The number of carbonyl (C=O) groups is 1. The molecule has 2 rings (SSSR count). The first-order valence-electron chi connectivity index (χ1n) is 8.61. The summed E-state index contributed by atoms with van der Waals surface area (Å²) in [5.41, 5.74) is 1.07. The second-order valence-corrected chi connectivity index (χ2v) is 7.43. The highest BCUT2D eigenvalue weighted by atomic mass is 35.5. The van der Waals surface area contributed by atoms with Crippen molar-refractivity contribution in [2.75, 3.05) is 6.54 Å². The van der Waals surface area contributed by atoms with Crippen molar-refractivity contribution < 1.29 is 18.0 Å². The predicted octanol–water partition coefficient (Wildman–Crippen LogP) is 6.83. The van der Waals surface area contributed by atoms with E-state index < -0.39 is 12.1 Å². The molecule has 0 aliphatic heterocycles. The number of halogens is 6. The summed E-state index contributed by atoms with van der Waals surface area (Å²) in [4.78, 5) is 11.4. The van der Waals surface area contributed by atoms with Crippen LogP contribution in [0.15, 0.2) is 42.5 Å². The predicted molar refractivity (Wildman–Crippen MR) is 112 cm³/mol. The van der Waals surface area contributed by atoms with Gasteiger partial charge in [-0.05, 0) is 47.9 Å². The molecule has 0 aromatic heterocycles. The Morgan fingerprint density at radius 2 is 1.72 bits per heavy atom. The third-order valence-electron chi connectivity index (χ3n) is 3.93. The number of hydrogen-bond acceptors (Lipinski definition) is 1. The molecule has 1 unspecified atom stereocenters. The molecule has 0 fully saturated rings. The van der Waals surface area contributed by atoms with Crippen LogP contribution in [-0.4, -0.2) is 18.8 Å². The van der Waals surface area contributed by atoms with Crippen LogP contribution in [0.25, 0.3) is 6.08 Å². The molecule has 0 heterocycles. The summed E-state index contributed by atoms with van der Waals surface area (Å²) in [5, 5.41) is 5.81. The van der Waals surface area contributed by atoms with E-state index in [1.807, 2.05) is 0 Å². The van der Waals surface area contributed by atoms with Crippen molar-refractivity contribution in [1.29, 1.82) is 0 Å². The third kappa shape index (κ3) is 7.14. The first kappa shape index (κ1) is 23.4. The molecule has 2 aromatic carbocycles. The molecular weight excluding hydrogens is 448 g/mol. The Morgan fingerprint density at radius 3 is 2.28 bits per heavy atom. The molecule has 2 aromatic rings. The van der Waals surface area contributed by atoms with Crippen LogP contribution in [0.2, 0.25) is 15.1 Å². The standard InChI is InChI=1S/C20H18Cl3F3N2O/c1-2-27-19(29)28-11-13-5-3-12(7-18(13)23)4-6-17(20(24,25)26)14-8-15(21)10-16(22)9-14/h3-10,17H,2,11H2,1H3,(H2,27,28,29)/b6-4+. The van der Waals surface area contributed by atoms with E-state index in [9.17, 15) is 18.0 Å². The van der Waals surface area contributed by atoms with Crippen LogP contribution >= 0.6 is 34.8 Å². The summed E-state index contributed by atoms with van der Waals surface area (Å²) in [6.07, 6.45) is -2.16. The Kier molecular flexibility index (Phi) is 8.25. The number of hydrogen-bond donors (Lipinski definition) is 2. The number of urea groups is 1. The summed E-state index contributed by atoms with van der Waals surface area (Å²) in [7, 11) is 0. The molecule has 0 bridgehead atoms. The number of carbonyl (C=O) groups excluding carboxylic acids is 1. The number of amides is 2. The van der Waals surface area contributed by atoms with Gasteiger partial charge in [0.15, 0.2) is 0 Å². The Balaban J connectivity index is 2.21. The zero-order valence-corrected chi connectivity index (χ0v) is 17.6. The summed E-state index contributed by atoms with van der Waals surface area (Å²) in [5.74, 6) is -1.88. The fourth-order valence-electron chi connectivity index (χ4n) is 2.58. The van der Waals surface area contributed by atoms with Crippen LogP contribution in [0.1, 0.15) is 29.5 Å². The van der Waals surface area contributed by atoms with Crippen molar-refractivity contribution in [3.05, 3.63) is 74.2 Å². The van der Waals surface area contributed by atoms with Gasteiger partial charge >= 0.3 is 12.2 Å². The third-order valence-corrected chi connectivity index (χ3v) is 4.72. The van der Waals surface area contributed by atoms with Gasteiger partial charge in [0, 0.05) is 28.2 Å². The highest BCUT2D eigenvalue weighted by Crippen LogP contribution is 2.38. The van der Waals surface area contributed by atoms with Gasteiger partial charge in [0.25, 0.3) is 0 Å². The molecule has 3 nitrogen and oxygen atoms in total. The van der Waals surface area contributed by atoms with Gasteiger partial charge in [0.1, 0.15) is 0 Å². The van der Waals surface area contributed by atoms with Crippen LogP contribution in [-0.2, 0) is 6.54 Å². The van der Waals surface area contributed by atoms with E-state index in [-0.39, 0.29) is 28.2 Å². The van der Waals surface area contributed by atoms with Crippen LogP contribution in [0.3, 0.4) is 0 Å². The van der Waals surface area contributed by atoms with Crippen LogP contribution in [0.5, 0.6) is 0 Å².